The second-order valence-corrected chi connectivity index (χ2v) is 4.04. The Morgan fingerprint density at radius 1 is 1.38 bits per heavy atom. The zero-order valence-electron chi connectivity index (χ0n) is 8.06. The molecule has 0 radical (unpaired) electrons. The molecule has 0 heterocycles. The first-order chi connectivity index (χ1) is 5.97. The van der Waals surface area contributed by atoms with Gasteiger partial charge in [-0.05, 0) is 38.0 Å². The summed E-state index contributed by atoms with van der Waals surface area (Å²) in [6.07, 6.45) is 0. The molecule has 0 unspecified atom stereocenters. The zero-order chi connectivity index (χ0) is 10.1. The third-order valence-corrected chi connectivity index (χ3v) is 2.57. The Labute approximate surface area is 83.4 Å². The fraction of sp³-hybridized carbons (Fsp3) is 0.400. The van der Waals surface area contributed by atoms with E-state index in [9.17, 15) is 0 Å². The number of aryl methyl sites for hydroxylation is 1. The lowest BCUT2D eigenvalue weighted by Gasteiger charge is -2.18. The summed E-state index contributed by atoms with van der Waals surface area (Å²) in [6, 6.07) is 5.73. The molecule has 0 aliphatic heterocycles. The van der Waals surface area contributed by atoms with Crippen molar-refractivity contribution >= 4 is 11.6 Å². The third-order valence-electron chi connectivity index (χ3n) is 2.14. The van der Waals surface area contributed by atoms with Crippen molar-refractivity contribution in [2.45, 2.75) is 26.3 Å². The van der Waals surface area contributed by atoms with Gasteiger partial charge < -0.3 is 0 Å². The normalized spacial score (nSPS) is 11.4. The smallest absolute Gasteiger partial charge is 0.101 e. The van der Waals surface area contributed by atoms with Crippen LogP contribution in [0.2, 0.25) is 5.02 Å². The van der Waals surface area contributed by atoms with Crippen molar-refractivity contribution in [3.8, 4) is 0 Å². The molecule has 3 heteroatoms. The summed E-state index contributed by atoms with van der Waals surface area (Å²) < 4.78 is 0. The number of benzene rings is 1. The number of hydrogen-bond acceptors (Lipinski definition) is 2. The van der Waals surface area contributed by atoms with Crippen LogP contribution in [0.4, 0.5) is 0 Å². The molecule has 1 aromatic carbocycles. The number of nitrogens with one attached hydrogen (secondary N) is 1. The molecule has 2 nitrogen and oxygen atoms in total. The van der Waals surface area contributed by atoms with E-state index in [2.05, 4.69) is 5.11 Å². The van der Waals surface area contributed by atoms with Crippen molar-refractivity contribution in [2.24, 2.45) is 5.11 Å². The Morgan fingerprint density at radius 3 is 2.46 bits per heavy atom. The van der Waals surface area contributed by atoms with Crippen LogP contribution >= 0.6 is 11.6 Å². The molecule has 1 rings (SSSR count). The van der Waals surface area contributed by atoms with Gasteiger partial charge in [0, 0.05) is 5.02 Å². The van der Waals surface area contributed by atoms with Gasteiger partial charge in [0.05, 0.1) is 0 Å². The SMILES string of the molecule is Cc1cc(C(C)(C)N=N)ccc1Cl. The van der Waals surface area contributed by atoms with Crippen molar-refractivity contribution in [1.29, 1.82) is 5.53 Å². The van der Waals surface area contributed by atoms with Crippen LogP contribution in [0, 0.1) is 12.5 Å². The summed E-state index contributed by atoms with van der Waals surface area (Å²) in [4.78, 5) is 0. The van der Waals surface area contributed by atoms with E-state index in [1.54, 1.807) is 0 Å². The van der Waals surface area contributed by atoms with E-state index in [0.29, 0.717) is 0 Å². The Morgan fingerprint density at radius 2 is 2.00 bits per heavy atom. The molecule has 1 N–H and O–H groups in total. The van der Waals surface area contributed by atoms with Crippen LogP contribution in [-0.4, -0.2) is 0 Å². The fourth-order valence-electron chi connectivity index (χ4n) is 1.09. The number of rotatable bonds is 2. The monoisotopic (exact) mass is 196 g/mol. The molecule has 0 spiro atoms. The average molecular weight is 197 g/mol. The Balaban J connectivity index is 3.18. The summed E-state index contributed by atoms with van der Waals surface area (Å²) in [5.41, 5.74) is 8.65. The molecule has 13 heavy (non-hydrogen) atoms. The van der Waals surface area contributed by atoms with E-state index >= 15 is 0 Å². The lowest BCUT2D eigenvalue weighted by atomic mass is 9.94. The molecule has 0 atom stereocenters. The fourth-order valence-corrected chi connectivity index (χ4v) is 1.21. The average Bonchev–Trinajstić information content (AvgIpc) is 2.09. The van der Waals surface area contributed by atoms with Crippen LogP contribution in [-0.2, 0) is 5.54 Å². The topological polar surface area (TPSA) is 36.2 Å². The van der Waals surface area contributed by atoms with Crippen molar-refractivity contribution in [2.75, 3.05) is 0 Å². The maximum absolute atomic E-state index is 7.06. The molecule has 0 amide bonds. The molecular weight excluding hydrogens is 184 g/mol. The van der Waals surface area contributed by atoms with Gasteiger partial charge in [0.2, 0.25) is 0 Å². The van der Waals surface area contributed by atoms with Crippen LogP contribution in [0.1, 0.15) is 25.0 Å². The highest BCUT2D eigenvalue weighted by molar-refractivity contribution is 6.31. The van der Waals surface area contributed by atoms with E-state index in [1.165, 1.54) is 0 Å². The minimum atomic E-state index is -0.449. The van der Waals surface area contributed by atoms with Gasteiger partial charge in [0.15, 0.2) is 0 Å². The van der Waals surface area contributed by atoms with Crippen LogP contribution in [0.5, 0.6) is 0 Å². The van der Waals surface area contributed by atoms with Gasteiger partial charge >= 0.3 is 0 Å². The van der Waals surface area contributed by atoms with E-state index in [1.807, 2.05) is 39.0 Å². The van der Waals surface area contributed by atoms with E-state index in [-0.39, 0.29) is 0 Å². The first-order valence-corrected chi connectivity index (χ1v) is 4.50. The molecular formula is C10H13ClN2. The maximum atomic E-state index is 7.06. The van der Waals surface area contributed by atoms with Gasteiger partial charge in [-0.15, -0.1) is 0 Å². The molecule has 0 saturated heterocycles. The van der Waals surface area contributed by atoms with Gasteiger partial charge in [-0.25, -0.2) is 5.53 Å². The predicted molar refractivity (Wildman–Crippen MR) is 54.4 cm³/mol. The Kier molecular flexibility index (Phi) is 2.71. The van der Waals surface area contributed by atoms with Gasteiger partial charge in [-0.3, -0.25) is 0 Å². The highest BCUT2D eigenvalue weighted by atomic mass is 35.5. The van der Waals surface area contributed by atoms with Crippen molar-refractivity contribution in [3.05, 3.63) is 34.3 Å². The highest BCUT2D eigenvalue weighted by Gasteiger charge is 2.19. The first kappa shape index (κ1) is 10.2. The molecule has 70 valence electrons. The summed E-state index contributed by atoms with van der Waals surface area (Å²) in [6.45, 7) is 5.76. The number of nitrogens with zero attached hydrogens (tertiary/aromatic N) is 1. The Bertz CT molecular complexity index is 332. The predicted octanol–water partition coefficient (Wildman–Crippen LogP) is 3.91. The van der Waals surface area contributed by atoms with E-state index in [4.69, 9.17) is 17.1 Å². The minimum Gasteiger partial charge on any atom is -0.209 e. The molecule has 0 aliphatic carbocycles. The number of halogens is 1. The van der Waals surface area contributed by atoms with Crippen LogP contribution in [0.3, 0.4) is 0 Å². The van der Waals surface area contributed by atoms with Crippen LogP contribution in [0.15, 0.2) is 23.3 Å². The second-order valence-electron chi connectivity index (χ2n) is 3.63. The van der Waals surface area contributed by atoms with E-state index in [0.717, 1.165) is 16.1 Å². The van der Waals surface area contributed by atoms with Crippen molar-refractivity contribution in [3.63, 3.8) is 0 Å². The highest BCUT2D eigenvalue weighted by Crippen LogP contribution is 2.27. The minimum absolute atomic E-state index is 0.449. The molecule has 0 aliphatic rings. The molecule has 0 fully saturated rings. The van der Waals surface area contributed by atoms with Gasteiger partial charge in [0.1, 0.15) is 5.54 Å². The van der Waals surface area contributed by atoms with Crippen LogP contribution in [0.25, 0.3) is 0 Å². The first-order valence-electron chi connectivity index (χ1n) is 4.12. The zero-order valence-corrected chi connectivity index (χ0v) is 8.81. The lowest BCUT2D eigenvalue weighted by molar-refractivity contribution is 0.511. The van der Waals surface area contributed by atoms with E-state index < -0.39 is 5.54 Å². The van der Waals surface area contributed by atoms with Crippen molar-refractivity contribution in [1.82, 2.24) is 0 Å². The number of hydrogen-bond donors (Lipinski definition) is 1. The quantitative estimate of drug-likeness (QED) is 0.697. The van der Waals surface area contributed by atoms with Crippen LogP contribution < -0.4 is 0 Å². The largest absolute Gasteiger partial charge is 0.209 e. The van der Waals surface area contributed by atoms with Crippen molar-refractivity contribution < 1.29 is 0 Å². The molecule has 1 aromatic rings. The lowest BCUT2D eigenvalue weighted by Crippen LogP contribution is -2.12. The summed E-state index contributed by atoms with van der Waals surface area (Å²) in [7, 11) is 0. The molecule has 0 saturated carbocycles. The molecule has 0 bridgehead atoms. The molecule has 0 aromatic heterocycles. The Hall–Kier alpha value is -0.890. The van der Waals surface area contributed by atoms with Gasteiger partial charge in [-0.2, -0.15) is 5.11 Å². The van der Waals surface area contributed by atoms with Gasteiger partial charge in [-0.1, -0.05) is 23.7 Å². The summed E-state index contributed by atoms with van der Waals surface area (Å²) in [5, 5.41) is 4.32. The maximum Gasteiger partial charge on any atom is 0.101 e. The summed E-state index contributed by atoms with van der Waals surface area (Å²) >= 11 is 5.90. The van der Waals surface area contributed by atoms with Gasteiger partial charge in [0.25, 0.3) is 0 Å². The standard InChI is InChI=1S/C10H13ClN2/c1-7-6-8(4-5-9(7)11)10(2,3)13-12/h4-6,12H,1-3H3. The third kappa shape index (κ3) is 2.07. The second kappa shape index (κ2) is 3.46. The summed E-state index contributed by atoms with van der Waals surface area (Å²) in [5.74, 6) is 0.